The van der Waals surface area contributed by atoms with Crippen LogP contribution in [0.25, 0.3) is 0 Å². The van der Waals surface area contributed by atoms with E-state index in [-0.39, 0.29) is 27.9 Å². The van der Waals surface area contributed by atoms with E-state index in [0.717, 1.165) is 6.07 Å². The first-order valence-electron chi connectivity index (χ1n) is 5.39. The van der Waals surface area contributed by atoms with Crippen LogP contribution < -0.4 is 16.0 Å². The molecule has 0 aliphatic carbocycles. The van der Waals surface area contributed by atoms with Crippen LogP contribution in [0.15, 0.2) is 36.4 Å². The maximum atomic E-state index is 13.7. The minimum Gasteiger partial charge on any atom is -0.454 e. The summed E-state index contributed by atoms with van der Waals surface area (Å²) in [6.07, 6.45) is 0. The SMILES string of the molecule is NNc1cc(Oc2cccc(Cl)c2F)cc([N+](=O)[O-])c1. The van der Waals surface area contributed by atoms with Gasteiger partial charge in [0, 0.05) is 12.1 Å². The molecule has 0 radical (unpaired) electrons. The van der Waals surface area contributed by atoms with Gasteiger partial charge in [-0.1, -0.05) is 17.7 Å². The Morgan fingerprint density at radius 3 is 2.75 bits per heavy atom. The number of hydrogen-bond acceptors (Lipinski definition) is 5. The zero-order valence-corrected chi connectivity index (χ0v) is 10.7. The average Bonchev–Trinajstić information content (AvgIpc) is 2.43. The predicted molar refractivity (Wildman–Crippen MR) is 72.4 cm³/mol. The topological polar surface area (TPSA) is 90.4 Å². The van der Waals surface area contributed by atoms with E-state index in [9.17, 15) is 14.5 Å². The van der Waals surface area contributed by atoms with E-state index in [4.69, 9.17) is 22.2 Å². The monoisotopic (exact) mass is 297 g/mol. The highest BCUT2D eigenvalue weighted by Gasteiger charge is 2.13. The number of nitro groups is 1. The van der Waals surface area contributed by atoms with Crippen LogP contribution in [-0.4, -0.2) is 4.92 Å². The molecule has 0 saturated carbocycles. The number of hydrazine groups is 1. The zero-order chi connectivity index (χ0) is 14.7. The number of benzene rings is 2. The normalized spacial score (nSPS) is 10.2. The molecule has 2 rings (SSSR count). The third-order valence-electron chi connectivity index (χ3n) is 2.41. The van der Waals surface area contributed by atoms with Crippen LogP contribution in [0.2, 0.25) is 5.02 Å². The Balaban J connectivity index is 2.40. The Morgan fingerprint density at radius 2 is 2.10 bits per heavy atom. The number of nitro benzene ring substituents is 1. The summed E-state index contributed by atoms with van der Waals surface area (Å²) < 4.78 is 19.0. The van der Waals surface area contributed by atoms with Crippen molar-refractivity contribution >= 4 is 23.0 Å². The molecule has 0 bridgehead atoms. The maximum absolute atomic E-state index is 13.7. The smallest absolute Gasteiger partial charge is 0.275 e. The minimum absolute atomic E-state index is 0.0633. The molecule has 0 aliphatic heterocycles. The molecule has 20 heavy (non-hydrogen) atoms. The van der Waals surface area contributed by atoms with Crippen LogP contribution in [0.5, 0.6) is 11.5 Å². The lowest BCUT2D eigenvalue weighted by atomic mass is 10.2. The fraction of sp³-hybridized carbons (Fsp3) is 0. The lowest BCUT2D eigenvalue weighted by molar-refractivity contribution is -0.384. The molecule has 3 N–H and O–H groups in total. The van der Waals surface area contributed by atoms with Crippen molar-refractivity contribution in [2.75, 3.05) is 5.43 Å². The average molecular weight is 298 g/mol. The van der Waals surface area contributed by atoms with Crippen LogP contribution in [-0.2, 0) is 0 Å². The van der Waals surface area contributed by atoms with Gasteiger partial charge in [-0.15, -0.1) is 0 Å². The number of ether oxygens (including phenoxy) is 1. The van der Waals surface area contributed by atoms with Gasteiger partial charge in [0.15, 0.2) is 11.6 Å². The van der Waals surface area contributed by atoms with Crippen molar-refractivity contribution in [1.29, 1.82) is 0 Å². The van der Waals surface area contributed by atoms with Crippen molar-refractivity contribution < 1.29 is 14.1 Å². The summed E-state index contributed by atoms with van der Waals surface area (Å²) in [6.45, 7) is 0. The second-order valence-corrected chi connectivity index (χ2v) is 4.18. The molecule has 0 aromatic heterocycles. The number of nitrogens with two attached hydrogens (primary N) is 1. The van der Waals surface area contributed by atoms with E-state index in [1.165, 1.54) is 30.3 Å². The van der Waals surface area contributed by atoms with Gasteiger partial charge in [0.25, 0.3) is 5.69 Å². The van der Waals surface area contributed by atoms with E-state index in [2.05, 4.69) is 5.43 Å². The van der Waals surface area contributed by atoms with Crippen LogP contribution in [0, 0.1) is 15.9 Å². The van der Waals surface area contributed by atoms with Gasteiger partial charge in [-0.3, -0.25) is 16.0 Å². The summed E-state index contributed by atoms with van der Waals surface area (Å²) in [5.41, 5.74) is 2.29. The molecule has 0 fully saturated rings. The number of rotatable bonds is 4. The third-order valence-corrected chi connectivity index (χ3v) is 2.70. The van der Waals surface area contributed by atoms with Gasteiger partial charge in [0.05, 0.1) is 21.7 Å². The van der Waals surface area contributed by atoms with Gasteiger partial charge in [-0.05, 0) is 12.1 Å². The Labute approximate surface area is 118 Å². The molecule has 0 unspecified atom stereocenters. The number of nitrogens with one attached hydrogen (secondary N) is 1. The molecule has 0 amide bonds. The summed E-state index contributed by atoms with van der Waals surface area (Å²) in [5, 5.41) is 10.7. The van der Waals surface area contributed by atoms with Crippen LogP contribution in [0.1, 0.15) is 0 Å². The predicted octanol–water partition coefficient (Wildman–Crippen LogP) is 3.47. The quantitative estimate of drug-likeness (QED) is 0.512. The van der Waals surface area contributed by atoms with Crippen molar-refractivity contribution in [3.05, 3.63) is 57.4 Å². The largest absolute Gasteiger partial charge is 0.454 e. The maximum Gasteiger partial charge on any atom is 0.275 e. The summed E-state index contributed by atoms with van der Waals surface area (Å²) in [7, 11) is 0. The molecular weight excluding hydrogens is 289 g/mol. The summed E-state index contributed by atoms with van der Waals surface area (Å²) >= 11 is 5.62. The Bertz CT molecular complexity index is 666. The van der Waals surface area contributed by atoms with E-state index < -0.39 is 10.7 Å². The first-order chi connectivity index (χ1) is 9.51. The second-order valence-electron chi connectivity index (χ2n) is 3.77. The minimum atomic E-state index is -0.747. The molecule has 8 heteroatoms. The van der Waals surface area contributed by atoms with E-state index in [0.29, 0.717) is 0 Å². The van der Waals surface area contributed by atoms with Crippen LogP contribution >= 0.6 is 11.6 Å². The number of nitrogen functional groups attached to an aromatic ring is 1. The molecule has 6 nitrogen and oxygen atoms in total. The summed E-state index contributed by atoms with van der Waals surface area (Å²) in [5.74, 6) is 4.39. The molecule has 2 aromatic rings. The molecule has 104 valence electrons. The molecule has 2 aromatic carbocycles. The molecular formula is C12H9ClFN3O3. The van der Waals surface area contributed by atoms with Gasteiger partial charge in [0.2, 0.25) is 0 Å². The molecule has 0 spiro atoms. The molecule has 0 atom stereocenters. The van der Waals surface area contributed by atoms with Crippen molar-refractivity contribution in [1.82, 2.24) is 0 Å². The Kier molecular flexibility index (Phi) is 4.02. The van der Waals surface area contributed by atoms with Crippen molar-refractivity contribution in [2.45, 2.75) is 0 Å². The number of halogens is 2. The Hall–Kier alpha value is -2.38. The highest BCUT2D eigenvalue weighted by Crippen LogP contribution is 2.32. The standard InChI is InChI=1S/C12H9ClFN3O3/c13-10-2-1-3-11(12(10)14)20-9-5-7(16-15)4-8(6-9)17(18)19/h1-6,16H,15H2. The van der Waals surface area contributed by atoms with Gasteiger partial charge < -0.3 is 10.2 Å². The molecule has 0 heterocycles. The van der Waals surface area contributed by atoms with Gasteiger partial charge in [0.1, 0.15) is 5.75 Å². The second kappa shape index (κ2) is 5.72. The van der Waals surface area contributed by atoms with Crippen molar-refractivity contribution in [2.24, 2.45) is 5.84 Å². The first kappa shape index (κ1) is 14.0. The van der Waals surface area contributed by atoms with Gasteiger partial charge in [-0.25, -0.2) is 4.39 Å². The lowest BCUT2D eigenvalue weighted by Crippen LogP contribution is -2.07. The van der Waals surface area contributed by atoms with Crippen molar-refractivity contribution in [3.63, 3.8) is 0 Å². The number of non-ortho nitro benzene ring substituents is 1. The fourth-order valence-corrected chi connectivity index (χ4v) is 1.69. The third kappa shape index (κ3) is 2.95. The van der Waals surface area contributed by atoms with E-state index >= 15 is 0 Å². The van der Waals surface area contributed by atoms with Gasteiger partial charge >= 0.3 is 0 Å². The first-order valence-corrected chi connectivity index (χ1v) is 5.77. The van der Waals surface area contributed by atoms with Crippen LogP contribution in [0.4, 0.5) is 15.8 Å². The van der Waals surface area contributed by atoms with Crippen molar-refractivity contribution in [3.8, 4) is 11.5 Å². The lowest BCUT2D eigenvalue weighted by Gasteiger charge is -2.09. The van der Waals surface area contributed by atoms with E-state index in [1.807, 2.05) is 0 Å². The summed E-state index contributed by atoms with van der Waals surface area (Å²) in [6, 6.07) is 8.00. The number of nitrogens with zero attached hydrogens (tertiary/aromatic N) is 1. The van der Waals surface area contributed by atoms with E-state index in [1.54, 1.807) is 0 Å². The van der Waals surface area contributed by atoms with Gasteiger partial charge in [-0.2, -0.15) is 0 Å². The van der Waals surface area contributed by atoms with Crippen LogP contribution in [0.3, 0.4) is 0 Å². The molecule has 0 saturated heterocycles. The number of hydrogen-bond donors (Lipinski definition) is 2. The molecule has 0 aliphatic rings. The fourth-order valence-electron chi connectivity index (χ4n) is 1.52. The summed E-state index contributed by atoms with van der Waals surface area (Å²) in [4.78, 5) is 10.2. The zero-order valence-electron chi connectivity index (χ0n) is 9.97. The Morgan fingerprint density at radius 1 is 1.35 bits per heavy atom. The number of anilines is 1. The highest BCUT2D eigenvalue weighted by molar-refractivity contribution is 6.30. The highest BCUT2D eigenvalue weighted by atomic mass is 35.5.